The van der Waals surface area contributed by atoms with E-state index >= 15 is 0 Å². The van der Waals surface area contributed by atoms with Crippen molar-refractivity contribution in [2.45, 2.75) is 69.6 Å². The molecular weight excluding hydrogens is 726 g/mol. The number of ether oxygens (including phenoxy) is 5. The number of carbonyl (C=O) groups is 1. The Morgan fingerprint density at radius 3 is 2.54 bits per heavy atom. The van der Waals surface area contributed by atoms with E-state index in [1.54, 1.807) is 30.3 Å². The first-order valence-electron chi connectivity index (χ1n) is 19.4. The molecule has 0 bridgehead atoms. The Morgan fingerprint density at radius 2 is 1.84 bits per heavy atom. The molecular formula is C41H55N3O12. The summed E-state index contributed by atoms with van der Waals surface area (Å²) in [5.41, 5.74) is 2.23. The standard InChI is InChI=1S/C41H55N3O12/c1-4-21-53-41-37(43(40(48)51-3)17-22-52-23-20-47)27-35(42-54-5-2)33-24-28(11-6-8-18-45)32(14-7-9-19-46)38(39(33)41)34-26-31(15-16-36(34)56-41)55-30-13-10-12-29(25-30)44(49)50/h4,10,12-13,15-16,24-26,28,32,37-39,45-47H,1,5-9,11,14,17-23,27H2,2-3H3. The number of carbonyl (C=O) groups excluding carboxylic acids is 1. The number of non-ortho nitro benzene ring substituents is 1. The third-order valence-corrected chi connectivity index (χ3v) is 10.7. The van der Waals surface area contributed by atoms with E-state index in [9.17, 15) is 30.2 Å². The Balaban J connectivity index is 1.75. The van der Waals surface area contributed by atoms with Crippen LogP contribution in [0.3, 0.4) is 0 Å². The smallest absolute Gasteiger partial charge is 0.410 e. The molecule has 1 fully saturated rings. The molecule has 3 N–H and O–H groups in total. The van der Waals surface area contributed by atoms with Crippen LogP contribution in [0.5, 0.6) is 17.2 Å². The first-order valence-corrected chi connectivity index (χ1v) is 19.4. The van der Waals surface area contributed by atoms with Crippen molar-refractivity contribution in [1.29, 1.82) is 0 Å². The lowest BCUT2D eigenvalue weighted by Gasteiger charge is -2.59. The number of oxime groups is 1. The molecule has 6 atom stereocenters. The lowest BCUT2D eigenvalue weighted by molar-refractivity contribution is -0.384. The molecule has 15 nitrogen and oxygen atoms in total. The van der Waals surface area contributed by atoms with Gasteiger partial charge >= 0.3 is 6.09 Å². The molecule has 3 aliphatic rings. The molecule has 1 saturated carbocycles. The van der Waals surface area contributed by atoms with E-state index in [-0.39, 0.29) is 76.0 Å². The van der Waals surface area contributed by atoms with Crippen molar-refractivity contribution in [2.24, 2.45) is 22.9 Å². The molecule has 1 heterocycles. The van der Waals surface area contributed by atoms with Crippen LogP contribution >= 0.6 is 0 Å². The normalized spacial score (nSPS) is 24.3. The van der Waals surface area contributed by atoms with Crippen LogP contribution in [-0.4, -0.2) is 109 Å². The van der Waals surface area contributed by atoms with Gasteiger partial charge in [-0.25, -0.2) is 4.79 Å². The Hall–Kier alpha value is -4.54. The zero-order valence-corrected chi connectivity index (χ0v) is 32.3. The first kappa shape index (κ1) is 42.6. The molecule has 6 unspecified atom stereocenters. The summed E-state index contributed by atoms with van der Waals surface area (Å²) in [7, 11) is 1.31. The quantitative estimate of drug-likeness (QED) is 0.0538. The largest absolute Gasteiger partial charge is 0.459 e. The SMILES string of the molecule is C=CCOC12Oc3ccc(Oc4cccc([N+](=O)[O-])c4)cc3C3C(CCCCO)C(CCCCO)C=C(C(=NOCC)CC1N(CCOCCO)C(=O)OC)C32. The molecule has 0 saturated heterocycles. The maximum atomic E-state index is 13.8. The number of allylic oxidation sites excluding steroid dienone is 1. The number of nitro groups is 1. The number of unbranched alkanes of at least 4 members (excludes halogenated alkanes) is 2. The highest BCUT2D eigenvalue weighted by molar-refractivity contribution is 6.03. The summed E-state index contributed by atoms with van der Waals surface area (Å²) in [6.45, 7) is 6.39. The maximum Gasteiger partial charge on any atom is 0.410 e. The van der Waals surface area contributed by atoms with E-state index in [1.165, 1.54) is 24.1 Å². The number of methoxy groups -OCH3 is 1. The lowest BCUT2D eigenvalue weighted by Crippen LogP contribution is -2.70. The van der Waals surface area contributed by atoms with Gasteiger partial charge in [-0.15, -0.1) is 6.58 Å². The molecule has 2 aromatic carbocycles. The fourth-order valence-electron chi connectivity index (χ4n) is 8.47. The van der Waals surface area contributed by atoms with Gasteiger partial charge in [0, 0.05) is 43.7 Å². The number of benzene rings is 2. The lowest BCUT2D eigenvalue weighted by atomic mass is 9.55. The van der Waals surface area contributed by atoms with Gasteiger partial charge in [0.25, 0.3) is 5.69 Å². The minimum Gasteiger partial charge on any atom is -0.459 e. The minimum absolute atomic E-state index is 0.0212. The number of amides is 1. The van der Waals surface area contributed by atoms with Gasteiger partial charge in [-0.2, -0.15) is 0 Å². The van der Waals surface area contributed by atoms with Gasteiger partial charge in [-0.1, -0.05) is 36.2 Å². The van der Waals surface area contributed by atoms with Crippen molar-refractivity contribution in [3.8, 4) is 17.2 Å². The second-order valence-electron chi connectivity index (χ2n) is 14.0. The highest BCUT2D eigenvalue weighted by Gasteiger charge is 2.65. The molecule has 15 heteroatoms. The summed E-state index contributed by atoms with van der Waals surface area (Å²) >= 11 is 0. The van der Waals surface area contributed by atoms with E-state index in [4.69, 9.17) is 28.5 Å². The molecule has 1 aliphatic heterocycles. The molecule has 0 aromatic heterocycles. The Kier molecular flexibility index (Phi) is 15.7. The fourth-order valence-corrected chi connectivity index (χ4v) is 8.47. The van der Waals surface area contributed by atoms with E-state index in [1.807, 2.05) is 13.0 Å². The van der Waals surface area contributed by atoms with Crippen molar-refractivity contribution in [2.75, 3.05) is 59.9 Å². The Bertz CT molecular complexity index is 1700. The van der Waals surface area contributed by atoms with Crippen LogP contribution in [-0.2, 0) is 19.0 Å². The number of aliphatic hydroxyl groups excluding tert-OH is 3. The fraction of sp³-hybridized carbons (Fsp3) is 0.561. The predicted molar refractivity (Wildman–Crippen MR) is 207 cm³/mol. The summed E-state index contributed by atoms with van der Waals surface area (Å²) in [6.07, 6.45) is 7.71. The number of rotatable bonds is 22. The Morgan fingerprint density at radius 1 is 1.07 bits per heavy atom. The van der Waals surface area contributed by atoms with Crippen LogP contribution in [0.2, 0.25) is 0 Å². The summed E-state index contributed by atoms with van der Waals surface area (Å²) in [5, 5.41) is 45.2. The predicted octanol–water partition coefficient (Wildman–Crippen LogP) is 6.12. The van der Waals surface area contributed by atoms with Gasteiger partial charge in [-0.05, 0) is 74.3 Å². The number of nitrogens with zero attached hydrogens (tertiary/aromatic N) is 3. The highest BCUT2D eigenvalue weighted by atomic mass is 16.7. The van der Waals surface area contributed by atoms with Crippen molar-refractivity contribution >= 4 is 17.5 Å². The van der Waals surface area contributed by atoms with Crippen molar-refractivity contribution in [3.05, 3.63) is 82.4 Å². The summed E-state index contributed by atoms with van der Waals surface area (Å²) in [5.74, 6) is -1.11. The molecule has 306 valence electrons. The molecule has 2 aromatic rings. The molecule has 5 rings (SSSR count). The van der Waals surface area contributed by atoms with E-state index in [0.717, 1.165) is 36.8 Å². The maximum absolute atomic E-state index is 13.8. The van der Waals surface area contributed by atoms with Crippen LogP contribution in [0, 0.1) is 27.9 Å². The third-order valence-electron chi connectivity index (χ3n) is 10.7. The van der Waals surface area contributed by atoms with Gasteiger partial charge in [0.1, 0.15) is 29.9 Å². The second kappa shape index (κ2) is 20.6. The van der Waals surface area contributed by atoms with Crippen LogP contribution in [0.25, 0.3) is 0 Å². The molecule has 1 amide bonds. The summed E-state index contributed by atoms with van der Waals surface area (Å²) in [4.78, 5) is 32.1. The van der Waals surface area contributed by atoms with Gasteiger partial charge in [0.15, 0.2) is 0 Å². The van der Waals surface area contributed by atoms with Crippen LogP contribution < -0.4 is 9.47 Å². The zero-order chi connectivity index (χ0) is 40.1. The van der Waals surface area contributed by atoms with E-state index < -0.39 is 28.8 Å². The monoisotopic (exact) mass is 781 g/mol. The molecule has 2 aliphatic carbocycles. The van der Waals surface area contributed by atoms with Crippen molar-refractivity contribution in [3.63, 3.8) is 0 Å². The average Bonchev–Trinajstić information content (AvgIpc) is 3.20. The first-order chi connectivity index (χ1) is 27.3. The molecule has 0 radical (unpaired) electrons. The van der Waals surface area contributed by atoms with Gasteiger partial charge in [-0.3, -0.25) is 15.0 Å². The van der Waals surface area contributed by atoms with Gasteiger partial charge < -0.3 is 43.8 Å². The summed E-state index contributed by atoms with van der Waals surface area (Å²) in [6, 6.07) is 10.6. The average molecular weight is 782 g/mol. The number of nitro benzene ring substituents is 1. The van der Waals surface area contributed by atoms with Crippen LogP contribution in [0.4, 0.5) is 10.5 Å². The minimum atomic E-state index is -1.50. The molecule has 56 heavy (non-hydrogen) atoms. The summed E-state index contributed by atoms with van der Waals surface area (Å²) < 4.78 is 31.3. The molecule has 0 spiro atoms. The third kappa shape index (κ3) is 9.52. The Labute approximate surface area is 327 Å². The zero-order valence-electron chi connectivity index (χ0n) is 32.3. The second-order valence-corrected chi connectivity index (χ2v) is 14.0. The number of hydrogen-bond acceptors (Lipinski definition) is 13. The van der Waals surface area contributed by atoms with E-state index in [0.29, 0.717) is 42.4 Å². The highest BCUT2D eigenvalue weighted by Crippen LogP contribution is 2.62. The van der Waals surface area contributed by atoms with Crippen LogP contribution in [0.1, 0.15) is 63.4 Å². The van der Waals surface area contributed by atoms with Crippen LogP contribution in [0.15, 0.2) is 71.9 Å². The van der Waals surface area contributed by atoms with Crippen molar-refractivity contribution < 1.29 is 53.6 Å². The number of hydrogen-bond donors (Lipinski definition) is 3. The topological polar surface area (TPSA) is 192 Å². The number of fused-ring (bicyclic) bond motifs is 2. The van der Waals surface area contributed by atoms with E-state index in [2.05, 4.69) is 17.8 Å². The van der Waals surface area contributed by atoms with Gasteiger partial charge in [0.05, 0.1) is 56.2 Å². The van der Waals surface area contributed by atoms with Gasteiger partial charge in [0.2, 0.25) is 5.79 Å². The van der Waals surface area contributed by atoms with Crippen molar-refractivity contribution in [1.82, 2.24) is 4.90 Å². The number of aliphatic hydroxyl groups is 3.